The lowest BCUT2D eigenvalue weighted by Gasteiger charge is -2.26. The van der Waals surface area contributed by atoms with Crippen molar-refractivity contribution in [1.82, 2.24) is 4.31 Å². The number of benzene rings is 1. The summed E-state index contributed by atoms with van der Waals surface area (Å²) in [4.78, 5) is 11.6. The van der Waals surface area contributed by atoms with Gasteiger partial charge in [0.15, 0.2) is 0 Å². The summed E-state index contributed by atoms with van der Waals surface area (Å²) in [5.74, 6) is 4.23. The number of carbonyl (C=O) groups excluding carboxylic acids is 1. The molecule has 0 heterocycles. The molecule has 1 aliphatic carbocycles. The lowest BCUT2D eigenvalue weighted by atomic mass is 9.94. The van der Waals surface area contributed by atoms with Crippen LogP contribution in [0.4, 0.5) is 0 Å². The maximum atomic E-state index is 13.1. The van der Waals surface area contributed by atoms with Crippen LogP contribution in [0.25, 0.3) is 0 Å². The number of hydrogen-bond donors (Lipinski definition) is 1. The highest BCUT2D eigenvalue weighted by molar-refractivity contribution is 7.89. The molecule has 0 saturated heterocycles. The lowest BCUT2D eigenvalue weighted by Crippen LogP contribution is -2.36. The van der Waals surface area contributed by atoms with Crippen molar-refractivity contribution in [2.45, 2.75) is 37.7 Å². The highest BCUT2D eigenvalue weighted by Gasteiger charge is 2.27. The summed E-state index contributed by atoms with van der Waals surface area (Å²) in [6.07, 6.45) is 4.32. The van der Waals surface area contributed by atoms with E-state index in [2.05, 4.69) is 11.8 Å². The van der Waals surface area contributed by atoms with Crippen LogP contribution < -0.4 is 0 Å². The largest absolute Gasteiger partial charge is 0.456 e. The van der Waals surface area contributed by atoms with Gasteiger partial charge in [-0.05, 0) is 44.7 Å². The van der Waals surface area contributed by atoms with E-state index in [1.165, 1.54) is 4.31 Å². The van der Waals surface area contributed by atoms with Crippen LogP contribution in [-0.4, -0.2) is 49.6 Å². The number of hydrogen-bond acceptors (Lipinski definition) is 5. The van der Waals surface area contributed by atoms with Gasteiger partial charge in [0.2, 0.25) is 10.0 Å². The van der Waals surface area contributed by atoms with Crippen molar-refractivity contribution in [2.75, 3.05) is 19.7 Å². The molecule has 0 aliphatic heterocycles. The van der Waals surface area contributed by atoms with Gasteiger partial charge in [-0.25, -0.2) is 13.2 Å². The molecule has 1 N–H and O–H groups in total. The maximum absolute atomic E-state index is 13.1. The first-order valence-electron chi connectivity index (χ1n) is 8.91. The summed E-state index contributed by atoms with van der Waals surface area (Å²) >= 11 is 0. The van der Waals surface area contributed by atoms with Gasteiger partial charge in [0, 0.05) is 12.5 Å². The Morgan fingerprint density at radius 1 is 1.26 bits per heavy atom. The topological polar surface area (TPSA) is 83.9 Å². The van der Waals surface area contributed by atoms with E-state index >= 15 is 0 Å². The Morgan fingerprint density at radius 3 is 2.56 bits per heavy atom. The normalized spacial score (nSPS) is 19.4. The molecule has 0 fully saturated rings. The molecule has 0 amide bonds. The zero-order valence-corrected chi connectivity index (χ0v) is 16.4. The average Bonchev–Trinajstić information content (AvgIpc) is 2.63. The number of carbonyl (C=O) groups is 1. The van der Waals surface area contributed by atoms with Crippen LogP contribution in [0.1, 0.15) is 25.3 Å². The number of aliphatic hydroxyl groups excluding tert-OH is 1. The Bertz CT molecular complexity index is 833. The summed E-state index contributed by atoms with van der Waals surface area (Å²) in [6.45, 7) is 3.90. The van der Waals surface area contributed by atoms with E-state index in [1.54, 1.807) is 37.3 Å². The van der Waals surface area contributed by atoms with Crippen LogP contribution in [0, 0.1) is 24.7 Å². The van der Waals surface area contributed by atoms with Crippen molar-refractivity contribution < 1.29 is 23.1 Å². The standard InChI is InChI=1S/C20H25NO5S/c1-3-26-20(23)5-4-14-21(15-17-8-10-18(22)11-9-17)27(24,25)19-12-6-16(2)7-13-19/h6-8,10,12-13,17-18,22H,3,9,11,14-15H2,1-2H3. The molecule has 0 bridgehead atoms. The fourth-order valence-electron chi connectivity index (χ4n) is 2.75. The van der Waals surface area contributed by atoms with Crippen LogP contribution in [0.5, 0.6) is 0 Å². The number of esters is 1. The molecule has 2 rings (SSSR count). The van der Waals surface area contributed by atoms with Crippen LogP contribution in [-0.2, 0) is 19.6 Å². The van der Waals surface area contributed by atoms with Crippen LogP contribution >= 0.6 is 0 Å². The Balaban J connectivity index is 2.23. The predicted molar refractivity (Wildman–Crippen MR) is 102 cm³/mol. The predicted octanol–water partition coefficient (Wildman–Crippen LogP) is 1.88. The third-order valence-electron chi connectivity index (χ3n) is 4.26. The first kappa shape index (κ1) is 21.2. The second-order valence-electron chi connectivity index (χ2n) is 6.42. The molecule has 7 heteroatoms. The smallest absolute Gasteiger partial charge is 0.384 e. The number of ether oxygens (including phenoxy) is 1. The molecule has 146 valence electrons. The zero-order chi connectivity index (χ0) is 19.9. The Kier molecular flexibility index (Phi) is 7.60. The molecule has 0 aromatic heterocycles. The molecule has 1 aromatic carbocycles. The summed E-state index contributed by atoms with van der Waals surface area (Å²) in [5, 5.41) is 9.59. The van der Waals surface area contributed by atoms with Gasteiger partial charge in [-0.1, -0.05) is 35.8 Å². The molecule has 0 saturated carbocycles. The Labute approximate surface area is 160 Å². The number of aryl methyl sites for hydroxylation is 1. The highest BCUT2D eigenvalue weighted by Crippen LogP contribution is 2.23. The van der Waals surface area contributed by atoms with E-state index in [-0.39, 0.29) is 30.5 Å². The number of rotatable bonds is 6. The molecule has 0 spiro atoms. The van der Waals surface area contributed by atoms with E-state index in [1.807, 2.05) is 13.0 Å². The molecule has 0 radical (unpaired) electrons. The first-order chi connectivity index (χ1) is 12.8. The van der Waals surface area contributed by atoms with E-state index in [0.29, 0.717) is 12.8 Å². The minimum atomic E-state index is -3.76. The number of aliphatic hydroxyl groups is 1. The van der Waals surface area contributed by atoms with Crippen LogP contribution in [0.15, 0.2) is 41.3 Å². The van der Waals surface area contributed by atoms with Crippen molar-refractivity contribution >= 4 is 16.0 Å². The fourth-order valence-corrected chi connectivity index (χ4v) is 4.15. The minimum Gasteiger partial charge on any atom is -0.456 e. The summed E-state index contributed by atoms with van der Waals surface area (Å²) < 4.78 is 32.1. The molecule has 2 atom stereocenters. The third kappa shape index (κ3) is 6.21. The Hall–Kier alpha value is -2.14. The molecule has 27 heavy (non-hydrogen) atoms. The van der Waals surface area contributed by atoms with Gasteiger partial charge in [-0.3, -0.25) is 0 Å². The second kappa shape index (κ2) is 9.70. The fraction of sp³-hybridized carbons (Fsp3) is 0.450. The van der Waals surface area contributed by atoms with Gasteiger partial charge in [0.25, 0.3) is 0 Å². The van der Waals surface area contributed by atoms with Gasteiger partial charge in [0.1, 0.15) is 0 Å². The third-order valence-corrected chi connectivity index (χ3v) is 6.08. The summed E-state index contributed by atoms with van der Waals surface area (Å²) in [6, 6.07) is 6.62. The molecular weight excluding hydrogens is 366 g/mol. The summed E-state index contributed by atoms with van der Waals surface area (Å²) in [7, 11) is -3.76. The van der Waals surface area contributed by atoms with Gasteiger partial charge < -0.3 is 9.84 Å². The molecule has 1 aliphatic rings. The van der Waals surface area contributed by atoms with E-state index < -0.39 is 22.1 Å². The van der Waals surface area contributed by atoms with E-state index in [0.717, 1.165) is 5.56 Å². The average molecular weight is 391 g/mol. The highest BCUT2D eigenvalue weighted by atomic mass is 32.2. The van der Waals surface area contributed by atoms with Gasteiger partial charge >= 0.3 is 5.97 Å². The van der Waals surface area contributed by atoms with Gasteiger partial charge in [-0.2, -0.15) is 4.31 Å². The van der Waals surface area contributed by atoms with Gasteiger partial charge in [-0.15, -0.1) is 0 Å². The van der Waals surface area contributed by atoms with E-state index in [4.69, 9.17) is 4.74 Å². The summed E-state index contributed by atoms with van der Waals surface area (Å²) in [5.41, 5.74) is 0.965. The van der Waals surface area contributed by atoms with Crippen LogP contribution in [0.3, 0.4) is 0 Å². The number of sulfonamides is 1. The van der Waals surface area contributed by atoms with Crippen molar-refractivity contribution in [3.05, 3.63) is 42.0 Å². The van der Waals surface area contributed by atoms with Crippen molar-refractivity contribution in [3.63, 3.8) is 0 Å². The first-order valence-corrected chi connectivity index (χ1v) is 10.4. The molecular formula is C20H25NO5S. The van der Waals surface area contributed by atoms with Crippen molar-refractivity contribution in [2.24, 2.45) is 5.92 Å². The van der Waals surface area contributed by atoms with E-state index in [9.17, 15) is 18.3 Å². The van der Waals surface area contributed by atoms with Crippen molar-refractivity contribution in [1.29, 1.82) is 0 Å². The molecule has 1 aromatic rings. The minimum absolute atomic E-state index is 0.0157. The second-order valence-corrected chi connectivity index (χ2v) is 8.36. The van der Waals surface area contributed by atoms with Crippen molar-refractivity contribution in [3.8, 4) is 11.8 Å². The Morgan fingerprint density at radius 2 is 1.96 bits per heavy atom. The molecule has 2 unspecified atom stereocenters. The number of nitrogens with zero attached hydrogens (tertiary/aromatic N) is 1. The molecule has 6 nitrogen and oxygen atoms in total. The maximum Gasteiger partial charge on any atom is 0.384 e. The van der Waals surface area contributed by atoms with Gasteiger partial charge in [0.05, 0.1) is 24.2 Å². The van der Waals surface area contributed by atoms with Crippen LogP contribution in [0.2, 0.25) is 0 Å². The lowest BCUT2D eigenvalue weighted by molar-refractivity contribution is -0.136. The monoisotopic (exact) mass is 391 g/mol. The quantitative estimate of drug-likeness (QED) is 0.346. The zero-order valence-electron chi connectivity index (χ0n) is 15.6. The SMILES string of the molecule is CCOC(=O)C#CCN(CC1C=CC(O)CC1)S(=O)(=O)c1ccc(C)cc1.